The molecule has 0 saturated carbocycles. The number of nitrogens with zero attached hydrogens (tertiary/aromatic N) is 2. The Hall–Kier alpha value is -1.41. The topological polar surface area (TPSA) is 95.2 Å². The second-order valence-electron chi connectivity index (χ2n) is 4.06. The lowest BCUT2D eigenvalue weighted by molar-refractivity contribution is 0.0955. The average molecular weight is 288 g/mol. The van der Waals surface area contributed by atoms with Crippen molar-refractivity contribution in [1.29, 1.82) is 0 Å². The summed E-state index contributed by atoms with van der Waals surface area (Å²) in [5.74, 6) is -0.418. The predicted molar refractivity (Wildman–Crippen MR) is 72.4 cm³/mol. The van der Waals surface area contributed by atoms with Crippen LogP contribution in [0, 0.1) is 6.92 Å². The van der Waals surface area contributed by atoms with Crippen LogP contribution in [0.5, 0.6) is 0 Å². The van der Waals surface area contributed by atoms with Crippen molar-refractivity contribution in [1.82, 2.24) is 19.8 Å². The zero-order valence-electron chi connectivity index (χ0n) is 11.4. The molecule has 0 aromatic carbocycles. The first-order chi connectivity index (χ1) is 8.92. The Morgan fingerprint density at radius 2 is 2.05 bits per heavy atom. The number of H-pyrrole nitrogens is 1. The first kappa shape index (κ1) is 15.6. The van der Waals surface area contributed by atoms with Crippen LogP contribution in [0.2, 0.25) is 0 Å². The molecule has 0 spiro atoms. The summed E-state index contributed by atoms with van der Waals surface area (Å²) < 4.78 is 25.1. The maximum Gasteiger partial charge on any atom is 0.254 e. The minimum atomic E-state index is -3.30. The van der Waals surface area contributed by atoms with Gasteiger partial charge < -0.3 is 5.32 Å². The van der Waals surface area contributed by atoms with Gasteiger partial charge in [-0.3, -0.25) is 9.89 Å². The van der Waals surface area contributed by atoms with Crippen LogP contribution in [0.25, 0.3) is 0 Å². The fourth-order valence-corrected chi connectivity index (χ4v) is 3.12. The smallest absolute Gasteiger partial charge is 0.254 e. The van der Waals surface area contributed by atoms with Gasteiger partial charge in [-0.1, -0.05) is 13.8 Å². The summed E-state index contributed by atoms with van der Waals surface area (Å²) >= 11 is 0. The van der Waals surface area contributed by atoms with Crippen LogP contribution in [0.3, 0.4) is 0 Å². The van der Waals surface area contributed by atoms with Crippen molar-refractivity contribution in [3.63, 3.8) is 0 Å². The fraction of sp³-hybridized carbons (Fsp3) is 0.636. The molecule has 0 bridgehead atoms. The highest BCUT2D eigenvalue weighted by molar-refractivity contribution is 7.89. The number of nitrogens with one attached hydrogen (secondary N) is 2. The van der Waals surface area contributed by atoms with E-state index >= 15 is 0 Å². The Bertz CT molecular complexity index is 520. The van der Waals surface area contributed by atoms with Gasteiger partial charge in [0, 0.05) is 25.3 Å². The zero-order valence-corrected chi connectivity index (χ0v) is 12.2. The molecule has 1 aromatic rings. The summed E-state index contributed by atoms with van der Waals surface area (Å²) in [6.45, 7) is 6.26. The molecule has 0 fully saturated rings. The van der Waals surface area contributed by atoms with E-state index in [2.05, 4.69) is 15.5 Å². The Labute approximate surface area is 113 Å². The van der Waals surface area contributed by atoms with Gasteiger partial charge in [0.1, 0.15) is 0 Å². The number of amides is 1. The Morgan fingerprint density at radius 3 is 2.53 bits per heavy atom. The van der Waals surface area contributed by atoms with Crippen LogP contribution in [0.15, 0.2) is 6.20 Å². The van der Waals surface area contributed by atoms with Gasteiger partial charge in [-0.15, -0.1) is 0 Å². The minimum absolute atomic E-state index is 0.0856. The van der Waals surface area contributed by atoms with E-state index in [-0.39, 0.29) is 18.2 Å². The first-order valence-electron chi connectivity index (χ1n) is 6.18. The van der Waals surface area contributed by atoms with E-state index in [4.69, 9.17) is 0 Å². The van der Waals surface area contributed by atoms with Crippen LogP contribution in [0.4, 0.5) is 0 Å². The van der Waals surface area contributed by atoms with Crippen LogP contribution >= 0.6 is 0 Å². The minimum Gasteiger partial charge on any atom is -0.351 e. The normalized spacial score (nSPS) is 11.8. The molecular weight excluding hydrogens is 268 g/mol. The molecule has 1 amide bonds. The second kappa shape index (κ2) is 6.67. The van der Waals surface area contributed by atoms with E-state index in [0.29, 0.717) is 24.3 Å². The number of aryl methyl sites for hydroxylation is 1. The van der Waals surface area contributed by atoms with Gasteiger partial charge in [-0.2, -0.15) is 5.10 Å². The highest BCUT2D eigenvalue weighted by Crippen LogP contribution is 2.03. The lowest BCUT2D eigenvalue weighted by atomic mass is 10.2. The van der Waals surface area contributed by atoms with Gasteiger partial charge in [0.25, 0.3) is 5.91 Å². The highest BCUT2D eigenvalue weighted by Gasteiger charge is 2.19. The van der Waals surface area contributed by atoms with Gasteiger partial charge in [-0.05, 0) is 6.92 Å². The number of hydrogen-bond donors (Lipinski definition) is 2. The Morgan fingerprint density at radius 1 is 1.42 bits per heavy atom. The third kappa shape index (κ3) is 4.03. The zero-order chi connectivity index (χ0) is 14.5. The molecule has 0 aliphatic rings. The molecule has 0 saturated heterocycles. The molecule has 0 aliphatic carbocycles. The molecule has 7 nitrogen and oxygen atoms in total. The van der Waals surface area contributed by atoms with E-state index in [1.165, 1.54) is 10.5 Å². The SMILES string of the molecule is CCN(CC)S(=O)(=O)CCNC(=O)c1cn[nH]c1C. The van der Waals surface area contributed by atoms with Gasteiger partial charge >= 0.3 is 0 Å². The number of aromatic nitrogens is 2. The summed E-state index contributed by atoms with van der Waals surface area (Å²) in [4.78, 5) is 11.7. The third-order valence-electron chi connectivity index (χ3n) is 2.82. The molecule has 19 heavy (non-hydrogen) atoms. The maximum absolute atomic E-state index is 11.9. The lowest BCUT2D eigenvalue weighted by Crippen LogP contribution is -2.37. The van der Waals surface area contributed by atoms with E-state index in [9.17, 15) is 13.2 Å². The van der Waals surface area contributed by atoms with Crippen molar-refractivity contribution in [2.24, 2.45) is 0 Å². The molecule has 1 aromatic heterocycles. The van der Waals surface area contributed by atoms with E-state index in [1.807, 2.05) is 0 Å². The van der Waals surface area contributed by atoms with Gasteiger partial charge in [0.05, 0.1) is 17.5 Å². The fourth-order valence-electron chi connectivity index (χ4n) is 1.71. The second-order valence-corrected chi connectivity index (χ2v) is 6.15. The molecule has 0 radical (unpaired) electrons. The van der Waals surface area contributed by atoms with E-state index < -0.39 is 10.0 Å². The van der Waals surface area contributed by atoms with Crippen molar-refractivity contribution in [3.8, 4) is 0 Å². The molecule has 1 heterocycles. The van der Waals surface area contributed by atoms with Gasteiger partial charge in [-0.25, -0.2) is 12.7 Å². The predicted octanol–water partition coefficient (Wildman–Crippen LogP) is 0.120. The summed E-state index contributed by atoms with van der Waals surface area (Å²) in [6, 6.07) is 0. The molecule has 0 atom stereocenters. The van der Waals surface area contributed by atoms with Crippen molar-refractivity contribution in [2.45, 2.75) is 20.8 Å². The van der Waals surface area contributed by atoms with E-state index in [1.54, 1.807) is 20.8 Å². The summed E-state index contributed by atoms with van der Waals surface area (Å²) in [6.07, 6.45) is 1.42. The number of rotatable bonds is 7. The maximum atomic E-state index is 11.9. The third-order valence-corrected chi connectivity index (χ3v) is 4.84. The summed E-state index contributed by atoms with van der Waals surface area (Å²) in [5, 5.41) is 8.98. The van der Waals surface area contributed by atoms with E-state index in [0.717, 1.165) is 0 Å². The van der Waals surface area contributed by atoms with Crippen LogP contribution in [-0.2, 0) is 10.0 Å². The number of sulfonamides is 1. The number of carbonyl (C=O) groups excluding carboxylic acids is 1. The van der Waals surface area contributed by atoms with Gasteiger partial charge in [0.2, 0.25) is 10.0 Å². The molecule has 8 heteroatoms. The number of hydrogen-bond acceptors (Lipinski definition) is 4. The van der Waals surface area contributed by atoms with Crippen LogP contribution < -0.4 is 5.32 Å². The van der Waals surface area contributed by atoms with Crippen molar-refractivity contribution < 1.29 is 13.2 Å². The Kier molecular flexibility index (Phi) is 5.49. The monoisotopic (exact) mass is 288 g/mol. The average Bonchev–Trinajstić information content (AvgIpc) is 2.76. The quantitative estimate of drug-likeness (QED) is 0.745. The van der Waals surface area contributed by atoms with Crippen LogP contribution in [0.1, 0.15) is 29.9 Å². The molecule has 108 valence electrons. The first-order valence-corrected chi connectivity index (χ1v) is 7.79. The molecule has 1 rings (SSSR count). The lowest BCUT2D eigenvalue weighted by Gasteiger charge is -2.18. The number of aromatic amines is 1. The molecule has 0 aliphatic heterocycles. The largest absolute Gasteiger partial charge is 0.351 e. The molecule has 0 unspecified atom stereocenters. The standard InChI is InChI=1S/C11H20N4O3S/c1-4-15(5-2)19(17,18)7-6-12-11(16)10-8-13-14-9(10)3/h8H,4-7H2,1-3H3,(H,12,16)(H,13,14). The Balaban J connectivity index is 2.51. The van der Waals surface area contributed by atoms with Crippen LogP contribution in [-0.4, -0.2) is 54.2 Å². The van der Waals surface area contributed by atoms with Crippen molar-refractivity contribution >= 4 is 15.9 Å². The highest BCUT2D eigenvalue weighted by atomic mass is 32.2. The molecule has 2 N–H and O–H groups in total. The molecular formula is C11H20N4O3S. The number of carbonyl (C=O) groups is 1. The summed E-state index contributed by atoms with van der Waals surface area (Å²) in [7, 11) is -3.30. The van der Waals surface area contributed by atoms with Gasteiger partial charge in [0.15, 0.2) is 0 Å². The van der Waals surface area contributed by atoms with Crippen molar-refractivity contribution in [2.75, 3.05) is 25.4 Å². The summed E-state index contributed by atoms with van der Waals surface area (Å²) in [5.41, 5.74) is 1.09. The van der Waals surface area contributed by atoms with Crippen molar-refractivity contribution in [3.05, 3.63) is 17.5 Å².